The van der Waals surface area contributed by atoms with Crippen LogP contribution in [0.3, 0.4) is 0 Å². The molecule has 1 aliphatic carbocycles. The molecule has 2 rings (SSSR count). The van der Waals surface area contributed by atoms with Crippen molar-refractivity contribution in [1.29, 1.82) is 0 Å². The van der Waals surface area contributed by atoms with Gasteiger partial charge < -0.3 is 14.2 Å². The van der Waals surface area contributed by atoms with Gasteiger partial charge in [-0.05, 0) is 58.9 Å². The highest BCUT2D eigenvalue weighted by Gasteiger charge is 2.38. The zero-order valence-electron chi connectivity index (χ0n) is 18.3. The van der Waals surface area contributed by atoms with E-state index < -0.39 is 12.0 Å². The van der Waals surface area contributed by atoms with Crippen LogP contribution in [0.1, 0.15) is 79.6 Å². The summed E-state index contributed by atoms with van der Waals surface area (Å²) in [6, 6.07) is -0.560. The normalized spacial score (nSPS) is 14.9. The van der Waals surface area contributed by atoms with Crippen molar-refractivity contribution < 1.29 is 19.1 Å². The van der Waals surface area contributed by atoms with Crippen molar-refractivity contribution in [3.8, 4) is 0 Å². The van der Waals surface area contributed by atoms with Crippen LogP contribution in [-0.2, 0) is 16.1 Å². The Balaban J connectivity index is 2.43. The molecule has 156 valence electrons. The number of amides is 1. The first-order chi connectivity index (χ1) is 13.1. The molecule has 1 aromatic heterocycles. The SMILES string of the molecule is CCOC(=O)c1c(C)c(C(=O)C(C)N(CC(C)C)C(=O)C2CC2)c(C)n1CC. The largest absolute Gasteiger partial charge is 0.461 e. The topological polar surface area (TPSA) is 68.6 Å². The highest BCUT2D eigenvalue weighted by molar-refractivity contribution is 6.06. The first kappa shape index (κ1) is 22.2. The van der Waals surface area contributed by atoms with Crippen LogP contribution >= 0.6 is 0 Å². The minimum Gasteiger partial charge on any atom is -0.461 e. The maximum Gasteiger partial charge on any atom is 0.355 e. The van der Waals surface area contributed by atoms with Crippen molar-refractivity contribution in [1.82, 2.24) is 9.47 Å². The predicted octanol–water partition coefficient (Wildman–Crippen LogP) is 3.77. The van der Waals surface area contributed by atoms with E-state index in [4.69, 9.17) is 4.74 Å². The number of rotatable bonds is 9. The van der Waals surface area contributed by atoms with E-state index in [0.717, 1.165) is 18.5 Å². The zero-order valence-corrected chi connectivity index (χ0v) is 18.3. The molecule has 0 saturated heterocycles. The Morgan fingerprint density at radius 2 is 1.75 bits per heavy atom. The molecule has 1 amide bonds. The molecule has 0 N–H and O–H groups in total. The first-order valence-electron chi connectivity index (χ1n) is 10.4. The van der Waals surface area contributed by atoms with E-state index in [2.05, 4.69) is 0 Å². The molecular formula is C22H34N2O4. The van der Waals surface area contributed by atoms with E-state index in [9.17, 15) is 14.4 Å². The van der Waals surface area contributed by atoms with Gasteiger partial charge in [-0.3, -0.25) is 9.59 Å². The van der Waals surface area contributed by atoms with Crippen molar-refractivity contribution in [3.63, 3.8) is 0 Å². The maximum absolute atomic E-state index is 13.5. The van der Waals surface area contributed by atoms with E-state index in [1.165, 1.54) is 0 Å². The third-order valence-corrected chi connectivity index (χ3v) is 5.42. The zero-order chi connectivity index (χ0) is 21.2. The summed E-state index contributed by atoms with van der Waals surface area (Å²) in [4.78, 5) is 40.5. The lowest BCUT2D eigenvalue weighted by Crippen LogP contribution is -2.46. The van der Waals surface area contributed by atoms with Crippen LogP contribution < -0.4 is 0 Å². The maximum atomic E-state index is 13.5. The van der Waals surface area contributed by atoms with Gasteiger partial charge in [0, 0.05) is 30.3 Å². The predicted molar refractivity (Wildman–Crippen MR) is 109 cm³/mol. The second-order valence-electron chi connectivity index (χ2n) is 8.10. The van der Waals surface area contributed by atoms with Crippen LogP contribution in [-0.4, -0.2) is 46.3 Å². The fourth-order valence-corrected chi connectivity index (χ4v) is 3.86. The van der Waals surface area contributed by atoms with Crippen molar-refractivity contribution >= 4 is 17.7 Å². The van der Waals surface area contributed by atoms with Gasteiger partial charge in [-0.2, -0.15) is 0 Å². The van der Waals surface area contributed by atoms with E-state index in [0.29, 0.717) is 29.9 Å². The first-order valence-corrected chi connectivity index (χ1v) is 10.4. The highest BCUT2D eigenvalue weighted by Crippen LogP contribution is 2.33. The Bertz CT molecular complexity index is 759. The van der Waals surface area contributed by atoms with Gasteiger partial charge in [0.05, 0.1) is 12.6 Å². The number of hydrogen-bond acceptors (Lipinski definition) is 4. The molecule has 1 aliphatic rings. The summed E-state index contributed by atoms with van der Waals surface area (Å²) in [5.74, 6) is -0.112. The summed E-state index contributed by atoms with van der Waals surface area (Å²) in [6.45, 7) is 14.7. The van der Waals surface area contributed by atoms with Crippen molar-refractivity contribution in [2.75, 3.05) is 13.2 Å². The van der Waals surface area contributed by atoms with Gasteiger partial charge >= 0.3 is 5.97 Å². The summed E-state index contributed by atoms with van der Waals surface area (Å²) >= 11 is 0. The number of ketones is 1. The van der Waals surface area contributed by atoms with Crippen LogP contribution in [0.15, 0.2) is 0 Å². The molecule has 0 spiro atoms. The van der Waals surface area contributed by atoms with Gasteiger partial charge in [-0.1, -0.05) is 13.8 Å². The average molecular weight is 391 g/mol. The lowest BCUT2D eigenvalue weighted by Gasteiger charge is -2.30. The fourth-order valence-electron chi connectivity index (χ4n) is 3.86. The van der Waals surface area contributed by atoms with Crippen molar-refractivity contribution in [2.45, 2.75) is 73.9 Å². The lowest BCUT2D eigenvalue weighted by molar-refractivity contribution is -0.134. The molecular weight excluding hydrogens is 356 g/mol. The Hall–Kier alpha value is -2.11. The third-order valence-electron chi connectivity index (χ3n) is 5.42. The van der Waals surface area contributed by atoms with E-state index >= 15 is 0 Å². The van der Waals surface area contributed by atoms with Crippen molar-refractivity contribution in [3.05, 3.63) is 22.5 Å². The number of esters is 1. The summed E-state index contributed by atoms with van der Waals surface area (Å²) in [5.41, 5.74) is 2.36. The Kier molecular flexibility index (Phi) is 7.07. The van der Waals surface area contributed by atoms with E-state index in [1.54, 1.807) is 25.7 Å². The van der Waals surface area contributed by atoms with Gasteiger partial charge in [-0.25, -0.2) is 4.79 Å². The van der Waals surface area contributed by atoms with Gasteiger partial charge in [-0.15, -0.1) is 0 Å². The second-order valence-corrected chi connectivity index (χ2v) is 8.10. The van der Waals surface area contributed by atoms with E-state index in [1.807, 2.05) is 32.3 Å². The van der Waals surface area contributed by atoms with Crippen molar-refractivity contribution in [2.24, 2.45) is 11.8 Å². The molecule has 0 radical (unpaired) electrons. The smallest absolute Gasteiger partial charge is 0.355 e. The van der Waals surface area contributed by atoms with Crippen LogP contribution in [0.25, 0.3) is 0 Å². The minimum atomic E-state index is -0.560. The highest BCUT2D eigenvalue weighted by atomic mass is 16.5. The van der Waals surface area contributed by atoms with Gasteiger partial charge in [0.15, 0.2) is 5.78 Å². The fraction of sp³-hybridized carbons (Fsp3) is 0.682. The molecule has 0 bridgehead atoms. The quantitative estimate of drug-likeness (QED) is 0.475. The second kappa shape index (κ2) is 8.93. The molecule has 1 unspecified atom stereocenters. The molecule has 6 heteroatoms. The van der Waals surface area contributed by atoms with Crippen LogP contribution in [0, 0.1) is 25.7 Å². The van der Waals surface area contributed by atoms with Gasteiger partial charge in [0.25, 0.3) is 0 Å². The van der Waals surface area contributed by atoms with E-state index in [-0.39, 0.29) is 30.1 Å². The van der Waals surface area contributed by atoms with Gasteiger partial charge in [0.1, 0.15) is 5.69 Å². The Morgan fingerprint density at radius 1 is 1.14 bits per heavy atom. The number of ether oxygens (including phenoxy) is 1. The molecule has 1 heterocycles. The molecule has 1 fully saturated rings. The summed E-state index contributed by atoms with van der Waals surface area (Å²) in [5, 5.41) is 0. The molecule has 28 heavy (non-hydrogen) atoms. The lowest BCUT2D eigenvalue weighted by atomic mass is 9.98. The standard InChI is InChI=1S/C22H34N2O4/c1-8-23-15(6)18(14(5)19(23)22(27)28-9-2)20(25)16(7)24(12-13(3)4)21(26)17-10-11-17/h13,16-17H,8-12H2,1-7H3. The number of carbonyl (C=O) groups is 3. The molecule has 0 aliphatic heterocycles. The molecule has 1 atom stereocenters. The van der Waals surface area contributed by atoms with Crippen LogP contribution in [0.5, 0.6) is 0 Å². The number of nitrogens with zero attached hydrogens (tertiary/aromatic N) is 2. The monoisotopic (exact) mass is 390 g/mol. The minimum absolute atomic E-state index is 0.0616. The van der Waals surface area contributed by atoms with Crippen LogP contribution in [0.4, 0.5) is 0 Å². The summed E-state index contributed by atoms with van der Waals surface area (Å²) in [6.07, 6.45) is 1.82. The third kappa shape index (κ3) is 4.31. The number of hydrogen-bond donors (Lipinski definition) is 0. The molecule has 6 nitrogen and oxygen atoms in total. The molecule has 0 aromatic carbocycles. The average Bonchev–Trinajstić information content (AvgIpc) is 3.44. The van der Waals surface area contributed by atoms with Gasteiger partial charge in [0.2, 0.25) is 5.91 Å². The number of Topliss-reactive ketones (excluding diaryl/α,β-unsaturated/α-hetero) is 1. The summed E-state index contributed by atoms with van der Waals surface area (Å²) in [7, 11) is 0. The molecule has 1 aromatic rings. The Labute approximate surface area is 168 Å². The van der Waals surface area contributed by atoms with Crippen LogP contribution in [0.2, 0.25) is 0 Å². The number of carbonyl (C=O) groups excluding carboxylic acids is 3. The number of aromatic nitrogens is 1. The molecule has 1 saturated carbocycles. The Morgan fingerprint density at radius 3 is 2.21 bits per heavy atom. The summed E-state index contributed by atoms with van der Waals surface area (Å²) < 4.78 is 7.04.